The highest BCUT2D eigenvalue weighted by Gasteiger charge is 2.05. The Morgan fingerprint density at radius 1 is 1.31 bits per heavy atom. The number of hydrogen-bond donors (Lipinski definition) is 0. The zero-order valence-electron chi connectivity index (χ0n) is 6.26. The fourth-order valence-corrected chi connectivity index (χ4v) is 1.56. The minimum Gasteiger partial charge on any atom is -0.236 e. The average Bonchev–Trinajstić information content (AvgIpc) is 2.09. The molecule has 0 saturated carbocycles. The number of halogens is 3. The van der Waals surface area contributed by atoms with E-state index in [1.807, 2.05) is 0 Å². The van der Waals surface area contributed by atoms with Gasteiger partial charge in [-0.25, -0.2) is 14.4 Å². The molecule has 0 amide bonds. The first-order valence-electron chi connectivity index (χ1n) is 3.44. The molecule has 2 nitrogen and oxygen atoms in total. The lowest BCUT2D eigenvalue weighted by atomic mass is 10.2. The van der Waals surface area contributed by atoms with Crippen LogP contribution in [0.1, 0.15) is 0 Å². The molecular formula is C8H3BrClFN2. The quantitative estimate of drug-likeness (QED) is 0.681. The average molecular weight is 261 g/mol. The highest BCUT2D eigenvalue weighted by molar-refractivity contribution is 9.10. The third kappa shape index (κ3) is 1.51. The van der Waals surface area contributed by atoms with Crippen LogP contribution in [-0.4, -0.2) is 9.97 Å². The second-order valence-electron chi connectivity index (χ2n) is 2.45. The maximum atomic E-state index is 13.0. The van der Waals surface area contributed by atoms with Gasteiger partial charge in [0.1, 0.15) is 17.3 Å². The molecule has 0 unspecified atom stereocenters. The second kappa shape index (κ2) is 3.20. The first kappa shape index (κ1) is 8.84. The molecule has 0 N–H and O–H groups in total. The molecular weight excluding hydrogens is 258 g/mol. The zero-order chi connectivity index (χ0) is 9.42. The predicted octanol–water partition coefficient (Wildman–Crippen LogP) is 3.18. The Balaban J connectivity index is 2.89. The van der Waals surface area contributed by atoms with E-state index >= 15 is 0 Å². The lowest BCUT2D eigenvalue weighted by molar-refractivity contribution is 0.622. The zero-order valence-corrected chi connectivity index (χ0v) is 8.60. The Labute approximate surface area is 86.9 Å². The molecule has 0 radical (unpaired) electrons. The SMILES string of the molecule is Fc1cc2ncnc(Cl)c2cc1Br. The van der Waals surface area contributed by atoms with Crippen LogP contribution in [0.5, 0.6) is 0 Å². The lowest BCUT2D eigenvalue weighted by Gasteiger charge is -1.99. The van der Waals surface area contributed by atoms with Gasteiger partial charge < -0.3 is 0 Å². The van der Waals surface area contributed by atoms with E-state index in [0.717, 1.165) is 0 Å². The van der Waals surface area contributed by atoms with E-state index in [2.05, 4.69) is 25.9 Å². The van der Waals surface area contributed by atoms with Gasteiger partial charge in [0.2, 0.25) is 0 Å². The van der Waals surface area contributed by atoms with Crippen LogP contribution < -0.4 is 0 Å². The van der Waals surface area contributed by atoms with Crippen LogP contribution in [-0.2, 0) is 0 Å². The van der Waals surface area contributed by atoms with Crippen molar-refractivity contribution in [2.75, 3.05) is 0 Å². The van der Waals surface area contributed by atoms with Crippen molar-refractivity contribution >= 4 is 38.4 Å². The molecule has 0 spiro atoms. The van der Waals surface area contributed by atoms with E-state index in [9.17, 15) is 4.39 Å². The normalized spacial score (nSPS) is 10.7. The van der Waals surface area contributed by atoms with Crippen LogP contribution in [0, 0.1) is 5.82 Å². The predicted molar refractivity (Wildman–Crippen MR) is 52.2 cm³/mol. The van der Waals surface area contributed by atoms with Gasteiger partial charge in [-0.3, -0.25) is 0 Å². The van der Waals surface area contributed by atoms with Crippen LogP contribution >= 0.6 is 27.5 Å². The summed E-state index contributed by atoms with van der Waals surface area (Å²) < 4.78 is 13.4. The van der Waals surface area contributed by atoms with Crippen molar-refractivity contribution in [3.63, 3.8) is 0 Å². The summed E-state index contributed by atoms with van der Waals surface area (Å²) in [6.45, 7) is 0. The van der Waals surface area contributed by atoms with E-state index in [0.29, 0.717) is 20.5 Å². The Kier molecular flexibility index (Phi) is 2.17. The number of aromatic nitrogens is 2. The Morgan fingerprint density at radius 3 is 2.85 bits per heavy atom. The van der Waals surface area contributed by atoms with Gasteiger partial charge in [-0.05, 0) is 22.0 Å². The summed E-state index contributed by atoms with van der Waals surface area (Å²) in [4.78, 5) is 7.68. The monoisotopic (exact) mass is 260 g/mol. The Bertz CT molecular complexity index is 475. The summed E-state index contributed by atoms with van der Waals surface area (Å²) in [6.07, 6.45) is 1.30. The van der Waals surface area contributed by atoms with Crippen LogP contribution in [0.3, 0.4) is 0 Å². The summed E-state index contributed by atoms with van der Waals surface area (Å²) in [5.41, 5.74) is 0.501. The highest BCUT2D eigenvalue weighted by Crippen LogP contribution is 2.25. The van der Waals surface area contributed by atoms with Crippen molar-refractivity contribution in [1.29, 1.82) is 0 Å². The first-order chi connectivity index (χ1) is 6.18. The van der Waals surface area contributed by atoms with E-state index < -0.39 is 0 Å². The molecule has 0 aliphatic carbocycles. The Morgan fingerprint density at radius 2 is 2.08 bits per heavy atom. The van der Waals surface area contributed by atoms with Crippen molar-refractivity contribution in [1.82, 2.24) is 9.97 Å². The second-order valence-corrected chi connectivity index (χ2v) is 3.66. The smallest absolute Gasteiger partial charge is 0.140 e. The highest BCUT2D eigenvalue weighted by atomic mass is 79.9. The van der Waals surface area contributed by atoms with Gasteiger partial charge in [-0.2, -0.15) is 0 Å². The summed E-state index contributed by atoms with van der Waals surface area (Å²) in [7, 11) is 0. The summed E-state index contributed by atoms with van der Waals surface area (Å²) in [5.74, 6) is -0.359. The van der Waals surface area contributed by atoms with Gasteiger partial charge in [0, 0.05) is 11.5 Å². The fourth-order valence-electron chi connectivity index (χ4n) is 1.02. The van der Waals surface area contributed by atoms with Gasteiger partial charge in [0.05, 0.1) is 9.99 Å². The third-order valence-electron chi connectivity index (χ3n) is 1.63. The molecule has 0 saturated heterocycles. The molecule has 5 heteroatoms. The molecule has 2 rings (SSSR count). The van der Waals surface area contributed by atoms with Crippen LogP contribution in [0.2, 0.25) is 5.15 Å². The van der Waals surface area contributed by atoms with E-state index in [-0.39, 0.29) is 5.82 Å². The van der Waals surface area contributed by atoms with Crippen LogP contribution in [0.15, 0.2) is 22.9 Å². The standard InChI is InChI=1S/C8H3BrClFN2/c9-5-1-4-7(2-6(5)11)12-3-13-8(4)10/h1-3H. The Hall–Kier alpha value is -0.740. The maximum absolute atomic E-state index is 13.0. The molecule has 1 aromatic carbocycles. The number of rotatable bonds is 0. The van der Waals surface area contributed by atoms with Crippen molar-refractivity contribution in [2.24, 2.45) is 0 Å². The number of nitrogens with zero attached hydrogens (tertiary/aromatic N) is 2. The summed E-state index contributed by atoms with van der Waals surface area (Å²) >= 11 is 8.85. The molecule has 0 aliphatic heterocycles. The van der Waals surface area contributed by atoms with Gasteiger partial charge in [-0.1, -0.05) is 11.6 Å². The van der Waals surface area contributed by atoms with E-state index in [1.165, 1.54) is 12.4 Å². The number of hydrogen-bond acceptors (Lipinski definition) is 2. The molecule has 1 heterocycles. The largest absolute Gasteiger partial charge is 0.236 e. The molecule has 0 atom stereocenters. The maximum Gasteiger partial charge on any atom is 0.140 e. The topological polar surface area (TPSA) is 25.8 Å². The summed E-state index contributed by atoms with van der Waals surface area (Å²) in [5, 5.41) is 0.961. The third-order valence-corrected chi connectivity index (χ3v) is 2.54. The van der Waals surface area contributed by atoms with Gasteiger partial charge in [-0.15, -0.1) is 0 Å². The van der Waals surface area contributed by atoms with Crippen LogP contribution in [0.4, 0.5) is 4.39 Å². The van der Waals surface area contributed by atoms with Gasteiger partial charge in [0.15, 0.2) is 0 Å². The minimum absolute atomic E-state index is 0.325. The molecule has 66 valence electrons. The molecule has 13 heavy (non-hydrogen) atoms. The van der Waals surface area contributed by atoms with Crippen molar-refractivity contribution in [3.05, 3.63) is 33.9 Å². The van der Waals surface area contributed by atoms with Gasteiger partial charge >= 0.3 is 0 Å². The van der Waals surface area contributed by atoms with Crippen LogP contribution in [0.25, 0.3) is 10.9 Å². The molecule has 2 aromatic rings. The summed E-state index contributed by atoms with van der Waals surface area (Å²) in [6, 6.07) is 2.87. The molecule has 1 aromatic heterocycles. The van der Waals surface area contributed by atoms with Crippen molar-refractivity contribution < 1.29 is 4.39 Å². The molecule has 0 aliphatic rings. The minimum atomic E-state index is -0.359. The van der Waals surface area contributed by atoms with E-state index in [4.69, 9.17) is 11.6 Å². The number of fused-ring (bicyclic) bond motifs is 1. The molecule has 0 fully saturated rings. The molecule has 0 bridgehead atoms. The number of benzene rings is 1. The lowest BCUT2D eigenvalue weighted by Crippen LogP contribution is -1.86. The van der Waals surface area contributed by atoms with Crippen molar-refractivity contribution in [2.45, 2.75) is 0 Å². The van der Waals surface area contributed by atoms with E-state index in [1.54, 1.807) is 6.07 Å². The van der Waals surface area contributed by atoms with Crippen molar-refractivity contribution in [3.8, 4) is 0 Å². The van der Waals surface area contributed by atoms with Gasteiger partial charge in [0.25, 0.3) is 0 Å². The first-order valence-corrected chi connectivity index (χ1v) is 4.61. The fraction of sp³-hybridized carbons (Fsp3) is 0.